The van der Waals surface area contributed by atoms with Crippen molar-refractivity contribution in [2.24, 2.45) is 5.41 Å². The van der Waals surface area contributed by atoms with Crippen LogP contribution in [0.4, 0.5) is 0 Å². The number of hydrogen-bond donors (Lipinski definition) is 2. The minimum Gasteiger partial charge on any atom is -0.390 e. The Hall–Kier alpha value is -0.610. The Labute approximate surface area is 97.0 Å². The average molecular weight is 226 g/mol. The standard InChI is InChI=1S/C12H22N2O2/c1-12(5-3-6-12)11(16)13-9-4-7-14(2)8-10(9)15/h9-10,15H,3-8H2,1-2H3,(H,13,16). The molecule has 1 saturated carbocycles. The summed E-state index contributed by atoms with van der Waals surface area (Å²) in [5, 5.41) is 12.9. The molecular weight excluding hydrogens is 204 g/mol. The average Bonchev–Trinajstić information content (AvgIpc) is 2.18. The Morgan fingerprint density at radius 3 is 2.69 bits per heavy atom. The summed E-state index contributed by atoms with van der Waals surface area (Å²) >= 11 is 0. The minimum absolute atomic E-state index is 0.0545. The lowest BCUT2D eigenvalue weighted by Crippen LogP contribution is -2.56. The SMILES string of the molecule is CN1CCC(NC(=O)C2(C)CCC2)C(O)C1. The van der Waals surface area contributed by atoms with E-state index >= 15 is 0 Å². The Balaban J connectivity index is 1.87. The molecule has 2 unspecified atom stereocenters. The Morgan fingerprint density at radius 1 is 1.50 bits per heavy atom. The van der Waals surface area contributed by atoms with Crippen molar-refractivity contribution in [3.05, 3.63) is 0 Å². The van der Waals surface area contributed by atoms with Crippen molar-refractivity contribution in [1.82, 2.24) is 10.2 Å². The molecule has 4 nitrogen and oxygen atoms in total. The summed E-state index contributed by atoms with van der Waals surface area (Å²) < 4.78 is 0. The van der Waals surface area contributed by atoms with Gasteiger partial charge in [-0.1, -0.05) is 13.3 Å². The molecule has 16 heavy (non-hydrogen) atoms. The number of likely N-dealkylation sites (N-methyl/N-ethyl adjacent to an activating group) is 1. The highest BCUT2D eigenvalue weighted by Crippen LogP contribution is 2.40. The molecule has 1 aliphatic carbocycles. The molecule has 2 aliphatic rings. The van der Waals surface area contributed by atoms with Crippen molar-refractivity contribution < 1.29 is 9.90 Å². The molecule has 1 saturated heterocycles. The van der Waals surface area contributed by atoms with Gasteiger partial charge in [-0.15, -0.1) is 0 Å². The molecule has 1 heterocycles. The molecule has 4 heteroatoms. The molecule has 0 aromatic carbocycles. The van der Waals surface area contributed by atoms with E-state index < -0.39 is 6.10 Å². The van der Waals surface area contributed by atoms with Gasteiger partial charge in [0.15, 0.2) is 0 Å². The number of carbonyl (C=O) groups is 1. The molecule has 0 spiro atoms. The topological polar surface area (TPSA) is 52.6 Å². The van der Waals surface area contributed by atoms with Crippen LogP contribution in [0.2, 0.25) is 0 Å². The number of nitrogens with one attached hydrogen (secondary N) is 1. The van der Waals surface area contributed by atoms with Crippen LogP contribution in [0.15, 0.2) is 0 Å². The summed E-state index contributed by atoms with van der Waals surface area (Å²) in [5.74, 6) is 0.132. The van der Waals surface area contributed by atoms with Crippen LogP contribution in [0.1, 0.15) is 32.6 Å². The maximum absolute atomic E-state index is 12.0. The van der Waals surface area contributed by atoms with Crippen LogP contribution in [-0.2, 0) is 4.79 Å². The Morgan fingerprint density at radius 2 is 2.19 bits per heavy atom. The first-order chi connectivity index (χ1) is 7.51. The number of rotatable bonds is 2. The van der Waals surface area contributed by atoms with Gasteiger partial charge < -0.3 is 15.3 Å². The second-order valence-corrected chi connectivity index (χ2v) is 5.61. The van der Waals surface area contributed by atoms with Crippen molar-refractivity contribution in [3.8, 4) is 0 Å². The summed E-state index contributed by atoms with van der Waals surface area (Å²) in [7, 11) is 1.99. The Bertz CT molecular complexity index is 276. The van der Waals surface area contributed by atoms with Crippen LogP contribution >= 0.6 is 0 Å². The second kappa shape index (κ2) is 4.34. The molecule has 0 aromatic rings. The fraction of sp³-hybridized carbons (Fsp3) is 0.917. The molecule has 0 radical (unpaired) electrons. The van der Waals surface area contributed by atoms with E-state index in [0.29, 0.717) is 6.54 Å². The van der Waals surface area contributed by atoms with Crippen molar-refractivity contribution in [1.29, 1.82) is 0 Å². The van der Waals surface area contributed by atoms with E-state index in [-0.39, 0.29) is 17.4 Å². The Kier molecular flexibility index (Phi) is 3.22. The lowest BCUT2D eigenvalue weighted by molar-refractivity contribution is -0.136. The zero-order valence-electron chi connectivity index (χ0n) is 10.2. The van der Waals surface area contributed by atoms with E-state index in [1.54, 1.807) is 0 Å². The van der Waals surface area contributed by atoms with Gasteiger partial charge in [-0.05, 0) is 32.9 Å². The summed E-state index contributed by atoms with van der Waals surface area (Å²) in [4.78, 5) is 14.1. The molecule has 2 N–H and O–H groups in total. The third kappa shape index (κ3) is 2.23. The number of hydrogen-bond acceptors (Lipinski definition) is 3. The van der Waals surface area contributed by atoms with Crippen molar-refractivity contribution in [2.45, 2.75) is 44.8 Å². The molecule has 2 rings (SSSR count). The maximum Gasteiger partial charge on any atom is 0.226 e. The van der Waals surface area contributed by atoms with Crippen LogP contribution in [0.5, 0.6) is 0 Å². The number of β-amino-alcohol motifs (C(OH)–C–C–N with tert-alkyl or cyclic N) is 1. The molecule has 92 valence electrons. The zero-order valence-corrected chi connectivity index (χ0v) is 10.2. The lowest BCUT2D eigenvalue weighted by atomic mass is 9.69. The van der Waals surface area contributed by atoms with E-state index in [4.69, 9.17) is 0 Å². The zero-order chi connectivity index (χ0) is 11.8. The number of carbonyl (C=O) groups excluding carboxylic acids is 1. The van der Waals surface area contributed by atoms with Gasteiger partial charge in [0, 0.05) is 12.0 Å². The highest BCUT2D eigenvalue weighted by molar-refractivity contribution is 5.83. The molecule has 0 bridgehead atoms. The van der Waals surface area contributed by atoms with Crippen molar-refractivity contribution in [3.63, 3.8) is 0 Å². The summed E-state index contributed by atoms with van der Waals surface area (Å²) in [5.41, 5.74) is -0.164. The summed E-state index contributed by atoms with van der Waals surface area (Å²) in [6.45, 7) is 3.62. The van der Waals surface area contributed by atoms with Crippen LogP contribution in [-0.4, -0.2) is 48.2 Å². The third-order valence-corrected chi connectivity index (χ3v) is 4.11. The fourth-order valence-corrected chi connectivity index (χ4v) is 2.53. The molecule has 0 aromatic heterocycles. The van der Waals surface area contributed by atoms with Crippen molar-refractivity contribution in [2.75, 3.05) is 20.1 Å². The second-order valence-electron chi connectivity index (χ2n) is 5.61. The first-order valence-corrected chi connectivity index (χ1v) is 6.19. The third-order valence-electron chi connectivity index (χ3n) is 4.11. The monoisotopic (exact) mass is 226 g/mol. The largest absolute Gasteiger partial charge is 0.390 e. The molecule has 1 aliphatic heterocycles. The van der Waals surface area contributed by atoms with E-state index in [9.17, 15) is 9.90 Å². The number of amides is 1. The summed E-state index contributed by atoms with van der Waals surface area (Å²) in [6.07, 6.45) is 3.55. The minimum atomic E-state index is -0.425. The number of nitrogens with zero attached hydrogens (tertiary/aromatic N) is 1. The highest BCUT2D eigenvalue weighted by atomic mass is 16.3. The predicted octanol–water partition coefficient (Wildman–Crippen LogP) is 0.358. The van der Waals surface area contributed by atoms with E-state index in [0.717, 1.165) is 32.2 Å². The molecule has 2 atom stereocenters. The van der Waals surface area contributed by atoms with Crippen molar-refractivity contribution >= 4 is 5.91 Å². The first-order valence-electron chi connectivity index (χ1n) is 6.19. The molecule has 1 amide bonds. The quantitative estimate of drug-likeness (QED) is 0.715. The number of piperidine rings is 1. The smallest absolute Gasteiger partial charge is 0.226 e. The fourth-order valence-electron chi connectivity index (χ4n) is 2.53. The molecule has 2 fully saturated rings. The van der Waals surface area contributed by atoms with Gasteiger partial charge in [-0.3, -0.25) is 4.79 Å². The van der Waals surface area contributed by atoms with E-state index in [1.807, 2.05) is 14.0 Å². The van der Waals surface area contributed by atoms with Gasteiger partial charge in [0.25, 0.3) is 0 Å². The van der Waals surface area contributed by atoms with Gasteiger partial charge >= 0.3 is 0 Å². The number of aliphatic hydroxyl groups is 1. The predicted molar refractivity (Wildman–Crippen MR) is 62.0 cm³/mol. The van der Waals surface area contributed by atoms with Gasteiger partial charge in [-0.25, -0.2) is 0 Å². The number of likely N-dealkylation sites (tertiary alicyclic amines) is 1. The highest BCUT2D eigenvalue weighted by Gasteiger charge is 2.41. The first kappa shape index (κ1) is 11.9. The van der Waals surface area contributed by atoms with Gasteiger partial charge in [0.1, 0.15) is 0 Å². The van der Waals surface area contributed by atoms with Gasteiger partial charge in [-0.2, -0.15) is 0 Å². The van der Waals surface area contributed by atoms with Crippen LogP contribution in [0.3, 0.4) is 0 Å². The van der Waals surface area contributed by atoms with E-state index in [1.165, 1.54) is 0 Å². The normalized spacial score (nSPS) is 34.2. The van der Waals surface area contributed by atoms with Crippen LogP contribution in [0, 0.1) is 5.41 Å². The maximum atomic E-state index is 12.0. The lowest BCUT2D eigenvalue weighted by Gasteiger charge is -2.40. The van der Waals surface area contributed by atoms with Crippen LogP contribution < -0.4 is 5.32 Å². The summed E-state index contributed by atoms with van der Waals surface area (Å²) in [6, 6.07) is -0.0545. The number of aliphatic hydroxyl groups excluding tert-OH is 1. The van der Waals surface area contributed by atoms with Crippen LogP contribution in [0.25, 0.3) is 0 Å². The van der Waals surface area contributed by atoms with E-state index in [2.05, 4.69) is 10.2 Å². The molecular formula is C12H22N2O2. The van der Waals surface area contributed by atoms with Gasteiger partial charge in [0.05, 0.1) is 12.1 Å². The van der Waals surface area contributed by atoms with Gasteiger partial charge in [0.2, 0.25) is 5.91 Å².